The number of aromatic nitrogens is 1. The molecule has 1 aromatic heterocycles. The smallest absolute Gasteiger partial charge is 0.353 e. The molecule has 3 rings (SSSR count). The number of aryl methyl sites for hydroxylation is 1. The highest BCUT2D eigenvalue weighted by molar-refractivity contribution is 6.33. The minimum Gasteiger partial charge on any atom is -0.353 e. The van der Waals surface area contributed by atoms with Crippen LogP contribution in [-0.4, -0.2) is 48.5 Å². The maximum atomic E-state index is 12.8. The molecule has 0 bridgehead atoms. The first-order chi connectivity index (χ1) is 13.8. The van der Waals surface area contributed by atoms with E-state index in [0.717, 1.165) is 29.9 Å². The maximum Gasteiger partial charge on any atom is 0.417 e. The van der Waals surface area contributed by atoms with Crippen molar-refractivity contribution in [2.24, 2.45) is 0 Å². The number of nitrogens with one attached hydrogen (secondary N) is 1. The molecule has 1 aromatic carbocycles. The Hall–Kier alpha value is -2.32. The molecule has 0 aliphatic carbocycles. The number of rotatable bonds is 5. The Morgan fingerprint density at radius 1 is 1.21 bits per heavy atom. The van der Waals surface area contributed by atoms with Gasteiger partial charge in [-0.2, -0.15) is 13.2 Å². The molecule has 1 saturated heterocycles. The Bertz CT molecular complexity index is 867. The van der Waals surface area contributed by atoms with E-state index in [1.54, 1.807) is 0 Å². The SMILES string of the molecule is CCc1cccc(NC(=O)CN2CCN(c3ncc(C(F)(F)F)cc3Cl)CC2)c1. The van der Waals surface area contributed by atoms with Crippen molar-refractivity contribution in [1.82, 2.24) is 9.88 Å². The normalized spacial score (nSPS) is 15.4. The third-order valence-corrected chi connectivity index (χ3v) is 5.09. The maximum absolute atomic E-state index is 12.8. The van der Waals surface area contributed by atoms with Gasteiger partial charge < -0.3 is 10.2 Å². The molecule has 1 N–H and O–H groups in total. The average molecular weight is 427 g/mol. The fourth-order valence-corrected chi connectivity index (χ4v) is 3.49. The fraction of sp³-hybridized carbons (Fsp3) is 0.400. The highest BCUT2D eigenvalue weighted by Gasteiger charge is 2.32. The number of benzene rings is 1. The highest BCUT2D eigenvalue weighted by Crippen LogP contribution is 2.33. The molecule has 0 radical (unpaired) electrons. The van der Waals surface area contributed by atoms with E-state index in [2.05, 4.69) is 17.2 Å². The number of piperazine rings is 1. The van der Waals surface area contributed by atoms with Gasteiger partial charge in [-0.3, -0.25) is 9.69 Å². The van der Waals surface area contributed by atoms with E-state index in [9.17, 15) is 18.0 Å². The summed E-state index contributed by atoms with van der Waals surface area (Å²) >= 11 is 6.02. The van der Waals surface area contributed by atoms with Gasteiger partial charge in [-0.05, 0) is 30.2 Å². The highest BCUT2D eigenvalue weighted by atomic mass is 35.5. The van der Waals surface area contributed by atoms with E-state index in [1.807, 2.05) is 34.1 Å². The summed E-state index contributed by atoms with van der Waals surface area (Å²) in [6, 6.07) is 8.62. The molecule has 1 aliphatic rings. The molecule has 1 aliphatic heterocycles. The second-order valence-corrected chi connectivity index (χ2v) is 7.30. The summed E-state index contributed by atoms with van der Waals surface area (Å²) in [5.74, 6) is 0.234. The van der Waals surface area contributed by atoms with Gasteiger partial charge in [0.05, 0.1) is 17.1 Å². The number of alkyl halides is 3. The Labute approximate surface area is 172 Å². The lowest BCUT2D eigenvalue weighted by atomic mass is 10.1. The lowest BCUT2D eigenvalue weighted by Crippen LogP contribution is -2.49. The van der Waals surface area contributed by atoms with Crippen LogP contribution < -0.4 is 10.2 Å². The van der Waals surface area contributed by atoms with Crippen LogP contribution in [0.4, 0.5) is 24.7 Å². The first kappa shape index (κ1) is 21.4. The molecule has 156 valence electrons. The number of pyridine rings is 1. The predicted octanol–water partition coefficient (Wildman–Crippen LogP) is 4.08. The lowest BCUT2D eigenvalue weighted by Gasteiger charge is -2.35. The van der Waals surface area contributed by atoms with Crippen molar-refractivity contribution in [3.63, 3.8) is 0 Å². The van der Waals surface area contributed by atoms with Crippen LogP contribution in [0.2, 0.25) is 5.02 Å². The number of amides is 1. The minimum absolute atomic E-state index is 0.0261. The van der Waals surface area contributed by atoms with Gasteiger partial charge in [0.2, 0.25) is 5.91 Å². The molecule has 2 heterocycles. The van der Waals surface area contributed by atoms with Gasteiger partial charge in [-0.25, -0.2) is 4.98 Å². The Morgan fingerprint density at radius 2 is 1.93 bits per heavy atom. The second-order valence-electron chi connectivity index (χ2n) is 6.89. The molecule has 5 nitrogen and oxygen atoms in total. The van der Waals surface area contributed by atoms with Crippen LogP contribution in [0.25, 0.3) is 0 Å². The van der Waals surface area contributed by atoms with Crippen LogP contribution >= 0.6 is 11.6 Å². The van der Waals surface area contributed by atoms with Crippen LogP contribution in [0.15, 0.2) is 36.5 Å². The number of nitrogens with zero attached hydrogens (tertiary/aromatic N) is 3. The molecule has 29 heavy (non-hydrogen) atoms. The zero-order valence-corrected chi connectivity index (χ0v) is 16.7. The number of halogens is 4. The Kier molecular flexibility index (Phi) is 6.64. The van der Waals surface area contributed by atoms with Gasteiger partial charge in [0.25, 0.3) is 0 Å². The van der Waals surface area contributed by atoms with Crippen LogP contribution in [-0.2, 0) is 17.4 Å². The van der Waals surface area contributed by atoms with Crippen molar-refractivity contribution in [1.29, 1.82) is 0 Å². The zero-order chi connectivity index (χ0) is 21.0. The van der Waals surface area contributed by atoms with Crippen molar-refractivity contribution >= 4 is 29.0 Å². The van der Waals surface area contributed by atoms with Gasteiger partial charge in [0.15, 0.2) is 0 Å². The molecular formula is C20H22ClF3N4O. The van der Waals surface area contributed by atoms with E-state index in [1.165, 1.54) is 0 Å². The molecule has 0 atom stereocenters. The quantitative estimate of drug-likeness (QED) is 0.782. The molecule has 0 unspecified atom stereocenters. The van der Waals surface area contributed by atoms with Crippen LogP contribution in [0.3, 0.4) is 0 Å². The average Bonchev–Trinajstić information content (AvgIpc) is 2.68. The number of carbonyl (C=O) groups is 1. The summed E-state index contributed by atoms with van der Waals surface area (Å²) in [7, 11) is 0. The van der Waals surface area contributed by atoms with Gasteiger partial charge in [0.1, 0.15) is 5.82 Å². The van der Waals surface area contributed by atoms with Gasteiger partial charge in [0, 0.05) is 38.1 Å². The van der Waals surface area contributed by atoms with Crippen molar-refractivity contribution in [2.45, 2.75) is 19.5 Å². The van der Waals surface area contributed by atoms with E-state index in [0.29, 0.717) is 32.0 Å². The summed E-state index contributed by atoms with van der Waals surface area (Å²) in [5, 5.41) is 2.88. The fourth-order valence-electron chi connectivity index (χ4n) is 3.21. The molecule has 1 fully saturated rings. The number of anilines is 2. The first-order valence-electron chi connectivity index (χ1n) is 9.35. The molecular weight excluding hydrogens is 405 g/mol. The van der Waals surface area contributed by atoms with Crippen molar-refractivity contribution in [3.05, 3.63) is 52.7 Å². The van der Waals surface area contributed by atoms with E-state index >= 15 is 0 Å². The van der Waals surface area contributed by atoms with Crippen molar-refractivity contribution in [2.75, 3.05) is 42.9 Å². The molecule has 0 spiro atoms. The summed E-state index contributed by atoms with van der Waals surface area (Å²) in [5.41, 5.74) is 1.06. The molecule has 1 amide bonds. The van der Waals surface area contributed by atoms with Crippen LogP contribution in [0, 0.1) is 0 Å². The van der Waals surface area contributed by atoms with Crippen LogP contribution in [0.1, 0.15) is 18.1 Å². The molecule has 9 heteroatoms. The second kappa shape index (κ2) is 9.00. The van der Waals surface area contributed by atoms with Gasteiger partial charge in [-0.1, -0.05) is 30.7 Å². The summed E-state index contributed by atoms with van der Waals surface area (Å²) < 4.78 is 38.3. The standard InChI is InChI=1S/C20H22ClF3N4O/c1-2-14-4-3-5-16(10-14)26-18(29)13-27-6-8-28(9-7-27)19-17(21)11-15(12-25-19)20(22,23)24/h3-5,10-12H,2,6-9,13H2,1H3,(H,26,29). The number of hydrogen-bond acceptors (Lipinski definition) is 4. The lowest BCUT2D eigenvalue weighted by molar-refractivity contribution is -0.137. The summed E-state index contributed by atoms with van der Waals surface area (Å²) in [4.78, 5) is 20.0. The third kappa shape index (κ3) is 5.61. The van der Waals surface area contributed by atoms with Gasteiger partial charge in [-0.15, -0.1) is 0 Å². The molecule has 2 aromatic rings. The van der Waals surface area contributed by atoms with E-state index in [4.69, 9.17) is 11.6 Å². The first-order valence-corrected chi connectivity index (χ1v) is 9.73. The zero-order valence-electron chi connectivity index (χ0n) is 16.0. The largest absolute Gasteiger partial charge is 0.417 e. The van der Waals surface area contributed by atoms with Crippen LogP contribution in [0.5, 0.6) is 0 Å². The predicted molar refractivity (Wildman–Crippen MR) is 107 cm³/mol. The van der Waals surface area contributed by atoms with Crippen molar-refractivity contribution in [3.8, 4) is 0 Å². The topological polar surface area (TPSA) is 48.5 Å². The monoisotopic (exact) mass is 426 g/mol. The van der Waals surface area contributed by atoms with Crippen molar-refractivity contribution < 1.29 is 18.0 Å². The Balaban J connectivity index is 1.53. The number of hydrogen-bond donors (Lipinski definition) is 1. The summed E-state index contributed by atoms with van der Waals surface area (Å²) in [6.45, 7) is 4.52. The van der Waals surface area contributed by atoms with E-state index in [-0.39, 0.29) is 17.5 Å². The van der Waals surface area contributed by atoms with Gasteiger partial charge >= 0.3 is 6.18 Å². The Morgan fingerprint density at radius 3 is 2.55 bits per heavy atom. The van der Waals surface area contributed by atoms with E-state index < -0.39 is 11.7 Å². The number of carbonyl (C=O) groups excluding carboxylic acids is 1. The molecule has 0 saturated carbocycles. The third-order valence-electron chi connectivity index (χ3n) is 4.81. The minimum atomic E-state index is -4.47. The summed E-state index contributed by atoms with van der Waals surface area (Å²) in [6.07, 6.45) is -2.78.